The number of nitrogens with one attached hydrogen (secondary N) is 2. The highest BCUT2D eigenvalue weighted by molar-refractivity contribution is 5.85. The molecule has 0 saturated carbocycles. The van der Waals surface area contributed by atoms with Gasteiger partial charge in [0.05, 0.1) is 0 Å². The third-order valence-corrected chi connectivity index (χ3v) is 2.90. The highest BCUT2D eigenvalue weighted by atomic mass is 16.2. The topological polar surface area (TPSA) is 112 Å². The van der Waals surface area contributed by atoms with Gasteiger partial charge in [0.2, 0.25) is 23.8 Å². The predicted octanol–water partition coefficient (Wildman–Crippen LogP) is -1.45. The molecule has 1 amide bonds. The van der Waals surface area contributed by atoms with E-state index in [-0.39, 0.29) is 17.9 Å². The van der Waals surface area contributed by atoms with Crippen LogP contribution in [0.3, 0.4) is 0 Å². The van der Waals surface area contributed by atoms with E-state index in [2.05, 4.69) is 25.7 Å². The molecule has 0 aromatic carbocycles. The fourth-order valence-corrected chi connectivity index (χ4v) is 1.80. The van der Waals surface area contributed by atoms with E-state index in [1.807, 2.05) is 25.9 Å². The van der Waals surface area contributed by atoms with Crippen molar-refractivity contribution in [2.75, 3.05) is 42.4 Å². The van der Waals surface area contributed by atoms with Gasteiger partial charge in [0.1, 0.15) is 6.04 Å². The molecule has 4 N–H and O–H groups in total. The Labute approximate surface area is 111 Å². The first kappa shape index (κ1) is 13.3. The van der Waals surface area contributed by atoms with Crippen LogP contribution in [0.25, 0.3) is 0 Å². The van der Waals surface area contributed by atoms with E-state index in [0.717, 1.165) is 0 Å². The van der Waals surface area contributed by atoms with Gasteiger partial charge < -0.3 is 15.1 Å². The number of amides is 1. The molecule has 1 aromatic heterocycles. The second-order valence-electron chi connectivity index (χ2n) is 4.46. The number of carbonyl (C=O) groups is 1. The molecule has 1 atom stereocenters. The van der Waals surface area contributed by atoms with Crippen LogP contribution in [0, 0.1) is 0 Å². The fourth-order valence-electron chi connectivity index (χ4n) is 1.80. The van der Waals surface area contributed by atoms with Crippen LogP contribution in [0.5, 0.6) is 0 Å². The molecule has 0 radical (unpaired) electrons. The van der Waals surface area contributed by atoms with Gasteiger partial charge in [-0.05, 0) is 6.92 Å². The van der Waals surface area contributed by atoms with Crippen LogP contribution in [-0.4, -0.2) is 54.1 Å². The molecular formula is C10H18N8O. The predicted molar refractivity (Wildman–Crippen MR) is 71.8 cm³/mol. The normalized spacial score (nSPS) is 19.1. The first-order valence-electron chi connectivity index (χ1n) is 5.97. The SMILES string of the molecule is CC1C(=O)NCCN1c1nc(NN)nc(N(C)C)n1. The minimum Gasteiger partial charge on any atom is -0.353 e. The maximum absolute atomic E-state index is 11.7. The van der Waals surface area contributed by atoms with E-state index >= 15 is 0 Å². The lowest BCUT2D eigenvalue weighted by atomic mass is 10.2. The van der Waals surface area contributed by atoms with Crippen LogP contribution >= 0.6 is 0 Å². The number of hydrazine groups is 1. The Balaban J connectivity index is 2.37. The van der Waals surface area contributed by atoms with Crippen LogP contribution in [0.1, 0.15) is 6.92 Å². The van der Waals surface area contributed by atoms with Gasteiger partial charge in [0, 0.05) is 27.2 Å². The standard InChI is InChI=1S/C10H18N8O/c1-6-7(19)12-4-5-18(6)10-14-8(16-11)13-9(15-10)17(2)3/h6H,4-5,11H2,1-3H3,(H,12,19)(H,13,14,15,16). The third-order valence-electron chi connectivity index (χ3n) is 2.90. The third kappa shape index (κ3) is 2.65. The number of nitrogens with zero attached hydrogens (tertiary/aromatic N) is 5. The summed E-state index contributed by atoms with van der Waals surface area (Å²) in [4.78, 5) is 27.9. The summed E-state index contributed by atoms with van der Waals surface area (Å²) in [6, 6.07) is -0.322. The van der Waals surface area contributed by atoms with Gasteiger partial charge in [-0.2, -0.15) is 15.0 Å². The fraction of sp³-hybridized carbons (Fsp3) is 0.600. The Kier molecular flexibility index (Phi) is 3.65. The number of nitrogen functional groups attached to an aromatic ring is 1. The molecule has 9 nitrogen and oxygen atoms in total. The monoisotopic (exact) mass is 266 g/mol. The number of nitrogens with two attached hydrogens (primary N) is 1. The number of carbonyl (C=O) groups excluding carboxylic acids is 1. The van der Waals surface area contributed by atoms with Crippen molar-refractivity contribution in [1.82, 2.24) is 20.3 Å². The molecule has 1 saturated heterocycles. The molecule has 9 heteroatoms. The van der Waals surface area contributed by atoms with Crippen molar-refractivity contribution in [3.63, 3.8) is 0 Å². The summed E-state index contributed by atoms with van der Waals surface area (Å²) in [5.41, 5.74) is 2.41. The summed E-state index contributed by atoms with van der Waals surface area (Å²) in [5.74, 6) is 6.51. The quantitative estimate of drug-likeness (QED) is 0.450. The summed E-state index contributed by atoms with van der Waals surface area (Å²) in [5, 5.41) is 2.79. The van der Waals surface area contributed by atoms with Gasteiger partial charge >= 0.3 is 0 Å². The van der Waals surface area contributed by atoms with E-state index in [1.54, 1.807) is 4.90 Å². The van der Waals surface area contributed by atoms with E-state index in [1.165, 1.54) is 0 Å². The van der Waals surface area contributed by atoms with Crippen molar-refractivity contribution in [3.8, 4) is 0 Å². The largest absolute Gasteiger partial charge is 0.353 e. The van der Waals surface area contributed by atoms with Crippen LogP contribution in [0.2, 0.25) is 0 Å². The van der Waals surface area contributed by atoms with Crippen LogP contribution < -0.4 is 26.4 Å². The van der Waals surface area contributed by atoms with Crippen molar-refractivity contribution in [2.45, 2.75) is 13.0 Å². The number of hydrogen-bond acceptors (Lipinski definition) is 8. The molecule has 0 spiro atoms. The van der Waals surface area contributed by atoms with Crippen molar-refractivity contribution in [3.05, 3.63) is 0 Å². The Morgan fingerprint density at radius 3 is 2.79 bits per heavy atom. The van der Waals surface area contributed by atoms with Crippen LogP contribution in [0.4, 0.5) is 17.8 Å². The number of anilines is 3. The molecule has 0 bridgehead atoms. The summed E-state index contributed by atoms with van der Waals surface area (Å²) in [6.07, 6.45) is 0. The second kappa shape index (κ2) is 5.22. The molecular weight excluding hydrogens is 248 g/mol. The first-order valence-corrected chi connectivity index (χ1v) is 5.97. The molecule has 19 heavy (non-hydrogen) atoms. The Hall–Kier alpha value is -2.16. The number of hydrogen-bond donors (Lipinski definition) is 3. The Morgan fingerprint density at radius 1 is 1.42 bits per heavy atom. The van der Waals surface area contributed by atoms with Crippen molar-refractivity contribution in [1.29, 1.82) is 0 Å². The van der Waals surface area contributed by atoms with Crippen LogP contribution in [-0.2, 0) is 4.79 Å². The molecule has 2 heterocycles. The van der Waals surface area contributed by atoms with Crippen molar-refractivity contribution in [2.24, 2.45) is 5.84 Å². The first-order chi connectivity index (χ1) is 9.02. The summed E-state index contributed by atoms with van der Waals surface area (Å²) < 4.78 is 0. The van der Waals surface area contributed by atoms with E-state index < -0.39 is 0 Å². The van der Waals surface area contributed by atoms with Gasteiger partial charge in [0.15, 0.2) is 0 Å². The molecule has 1 aliphatic rings. The summed E-state index contributed by atoms with van der Waals surface area (Å²) >= 11 is 0. The highest BCUT2D eigenvalue weighted by Gasteiger charge is 2.28. The molecule has 1 fully saturated rings. The minimum absolute atomic E-state index is 0.0414. The summed E-state index contributed by atoms with van der Waals surface area (Å²) in [7, 11) is 3.65. The average molecular weight is 266 g/mol. The average Bonchev–Trinajstić information content (AvgIpc) is 2.41. The zero-order chi connectivity index (χ0) is 14.0. The molecule has 104 valence electrons. The van der Waals surface area contributed by atoms with Gasteiger partial charge in [0.25, 0.3) is 0 Å². The van der Waals surface area contributed by atoms with Gasteiger partial charge in [-0.3, -0.25) is 10.2 Å². The van der Waals surface area contributed by atoms with Gasteiger partial charge in [-0.15, -0.1) is 0 Å². The lowest BCUT2D eigenvalue weighted by molar-refractivity contribution is -0.122. The van der Waals surface area contributed by atoms with Crippen molar-refractivity contribution >= 4 is 23.8 Å². The van der Waals surface area contributed by atoms with Crippen molar-refractivity contribution < 1.29 is 4.79 Å². The van der Waals surface area contributed by atoms with E-state index in [0.29, 0.717) is 25.0 Å². The smallest absolute Gasteiger partial charge is 0.243 e. The minimum atomic E-state index is -0.322. The van der Waals surface area contributed by atoms with E-state index in [4.69, 9.17) is 5.84 Å². The lowest BCUT2D eigenvalue weighted by Gasteiger charge is -2.33. The maximum atomic E-state index is 11.7. The summed E-state index contributed by atoms with van der Waals surface area (Å²) in [6.45, 7) is 3.02. The van der Waals surface area contributed by atoms with Gasteiger partial charge in [-0.1, -0.05) is 0 Å². The molecule has 1 aromatic rings. The van der Waals surface area contributed by atoms with E-state index in [9.17, 15) is 4.79 Å². The lowest BCUT2D eigenvalue weighted by Crippen LogP contribution is -2.54. The molecule has 1 unspecified atom stereocenters. The Bertz CT molecular complexity index is 477. The number of piperazine rings is 1. The second-order valence-corrected chi connectivity index (χ2v) is 4.46. The van der Waals surface area contributed by atoms with Crippen LogP contribution in [0.15, 0.2) is 0 Å². The number of aromatic nitrogens is 3. The number of rotatable bonds is 3. The Morgan fingerprint density at radius 2 is 2.16 bits per heavy atom. The zero-order valence-corrected chi connectivity index (χ0v) is 11.2. The zero-order valence-electron chi connectivity index (χ0n) is 11.2. The molecule has 1 aliphatic heterocycles. The van der Waals surface area contributed by atoms with Gasteiger partial charge in [-0.25, -0.2) is 5.84 Å². The molecule has 2 rings (SSSR count). The maximum Gasteiger partial charge on any atom is 0.243 e. The highest BCUT2D eigenvalue weighted by Crippen LogP contribution is 2.18. The molecule has 0 aliphatic carbocycles.